The van der Waals surface area contributed by atoms with Gasteiger partial charge in [0.2, 0.25) is 0 Å². The van der Waals surface area contributed by atoms with Crippen molar-refractivity contribution in [3.63, 3.8) is 0 Å². The van der Waals surface area contributed by atoms with Gasteiger partial charge in [-0.3, -0.25) is 0 Å². The molecule has 20 heavy (non-hydrogen) atoms. The van der Waals surface area contributed by atoms with Crippen LogP contribution in [0.5, 0.6) is 5.75 Å². The van der Waals surface area contributed by atoms with Crippen LogP contribution in [0.25, 0.3) is 10.8 Å². The van der Waals surface area contributed by atoms with Crippen LogP contribution in [0.2, 0.25) is 0 Å². The topological polar surface area (TPSA) is 55.5 Å². The molecule has 0 radical (unpaired) electrons. The zero-order valence-electron chi connectivity index (χ0n) is 12.4. The van der Waals surface area contributed by atoms with Crippen LogP contribution >= 0.6 is 0 Å². The lowest BCUT2D eigenvalue weighted by Crippen LogP contribution is -2.33. The van der Waals surface area contributed by atoms with Gasteiger partial charge in [0.15, 0.2) is 0 Å². The Morgan fingerprint density at radius 1 is 1.20 bits per heavy atom. The van der Waals surface area contributed by atoms with Gasteiger partial charge >= 0.3 is 0 Å². The molecule has 0 amide bonds. The second-order valence-corrected chi connectivity index (χ2v) is 5.76. The molecule has 2 aromatic rings. The van der Waals surface area contributed by atoms with Gasteiger partial charge < -0.3 is 15.6 Å². The molecule has 3 nitrogen and oxygen atoms in total. The molecule has 0 fully saturated rings. The zero-order valence-corrected chi connectivity index (χ0v) is 12.4. The highest BCUT2D eigenvalue weighted by atomic mass is 16.5. The Kier molecular flexibility index (Phi) is 4.31. The van der Waals surface area contributed by atoms with Gasteiger partial charge in [0.1, 0.15) is 5.75 Å². The molecule has 0 aliphatic heterocycles. The largest absolute Gasteiger partial charge is 0.494 e. The van der Waals surface area contributed by atoms with Gasteiger partial charge in [0, 0.05) is 23.6 Å². The summed E-state index contributed by atoms with van der Waals surface area (Å²) < 4.78 is 5.74. The van der Waals surface area contributed by atoms with E-state index in [0.29, 0.717) is 6.61 Å². The Morgan fingerprint density at radius 2 is 1.90 bits per heavy atom. The number of fused-ring (bicyclic) bond motifs is 1. The smallest absolute Gasteiger partial charge is 0.124 e. The number of nitrogens with two attached hydrogens (primary N) is 1. The summed E-state index contributed by atoms with van der Waals surface area (Å²) >= 11 is 0. The Morgan fingerprint density at radius 3 is 2.55 bits per heavy atom. The standard InChI is InChI=1S/C17H23NO2/c1-4-20-14-10-9-12-7-5-6-8-13(12)15(14)16(18)17(2,3)11-19/h5-10,16,19H,4,11,18H2,1-3H3/t16-/m1/s1. The van der Waals surface area contributed by atoms with Crippen LogP contribution in [0.3, 0.4) is 0 Å². The first-order valence-electron chi connectivity index (χ1n) is 7.02. The molecule has 3 heteroatoms. The van der Waals surface area contributed by atoms with Crippen molar-refractivity contribution in [2.45, 2.75) is 26.8 Å². The summed E-state index contributed by atoms with van der Waals surface area (Å²) in [4.78, 5) is 0. The molecule has 3 N–H and O–H groups in total. The average Bonchev–Trinajstić information content (AvgIpc) is 2.46. The summed E-state index contributed by atoms with van der Waals surface area (Å²) in [5.41, 5.74) is 7.01. The number of ether oxygens (including phenoxy) is 1. The molecule has 0 saturated heterocycles. The van der Waals surface area contributed by atoms with E-state index in [-0.39, 0.29) is 12.6 Å². The molecule has 0 aliphatic rings. The van der Waals surface area contributed by atoms with Crippen LogP contribution in [-0.4, -0.2) is 18.3 Å². The molecule has 0 unspecified atom stereocenters. The number of aliphatic hydroxyl groups excluding tert-OH is 1. The maximum atomic E-state index is 9.60. The summed E-state index contributed by atoms with van der Waals surface area (Å²) in [6, 6.07) is 11.8. The van der Waals surface area contributed by atoms with Crippen molar-refractivity contribution >= 4 is 10.8 Å². The summed E-state index contributed by atoms with van der Waals surface area (Å²) in [7, 11) is 0. The van der Waals surface area contributed by atoms with E-state index in [1.54, 1.807) is 0 Å². The van der Waals surface area contributed by atoms with Crippen LogP contribution in [0.15, 0.2) is 36.4 Å². The zero-order chi connectivity index (χ0) is 14.8. The predicted molar refractivity (Wildman–Crippen MR) is 82.9 cm³/mol. The lowest BCUT2D eigenvalue weighted by atomic mass is 9.80. The number of hydrogen-bond acceptors (Lipinski definition) is 3. The van der Waals surface area contributed by atoms with Crippen molar-refractivity contribution in [3.8, 4) is 5.75 Å². The molecule has 0 aromatic heterocycles. The van der Waals surface area contributed by atoms with Crippen molar-refractivity contribution in [1.82, 2.24) is 0 Å². The first kappa shape index (κ1) is 14.8. The highest BCUT2D eigenvalue weighted by Crippen LogP contribution is 2.40. The van der Waals surface area contributed by atoms with Crippen LogP contribution < -0.4 is 10.5 Å². The van der Waals surface area contributed by atoms with E-state index >= 15 is 0 Å². The fraction of sp³-hybridized carbons (Fsp3) is 0.412. The number of hydrogen-bond donors (Lipinski definition) is 2. The van der Waals surface area contributed by atoms with Gasteiger partial charge in [-0.25, -0.2) is 0 Å². The van der Waals surface area contributed by atoms with Gasteiger partial charge in [0.05, 0.1) is 6.61 Å². The molecule has 0 spiro atoms. The van der Waals surface area contributed by atoms with E-state index in [1.165, 1.54) is 0 Å². The Bertz CT molecular complexity index is 593. The fourth-order valence-electron chi connectivity index (χ4n) is 2.37. The van der Waals surface area contributed by atoms with Crippen LogP contribution in [0.1, 0.15) is 32.4 Å². The minimum atomic E-state index is -0.407. The monoisotopic (exact) mass is 273 g/mol. The minimum absolute atomic E-state index is 0.0307. The van der Waals surface area contributed by atoms with Crippen molar-refractivity contribution < 1.29 is 9.84 Å². The third-order valence-corrected chi connectivity index (χ3v) is 3.79. The van der Waals surface area contributed by atoms with Crippen LogP contribution in [0, 0.1) is 5.41 Å². The van der Waals surface area contributed by atoms with Gasteiger partial charge in [-0.05, 0) is 23.8 Å². The van der Waals surface area contributed by atoms with Crippen molar-refractivity contribution in [3.05, 3.63) is 42.0 Å². The molecular weight excluding hydrogens is 250 g/mol. The Hall–Kier alpha value is -1.58. The summed E-state index contributed by atoms with van der Waals surface area (Å²) in [6.45, 7) is 6.52. The van der Waals surface area contributed by atoms with E-state index in [2.05, 4.69) is 12.1 Å². The summed E-state index contributed by atoms with van der Waals surface area (Å²) in [5, 5.41) is 11.8. The van der Waals surface area contributed by atoms with E-state index < -0.39 is 5.41 Å². The van der Waals surface area contributed by atoms with E-state index in [4.69, 9.17) is 10.5 Å². The maximum absolute atomic E-state index is 9.60. The van der Waals surface area contributed by atoms with Crippen molar-refractivity contribution in [1.29, 1.82) is 0 Å². The van der Waals surface area contributed by atoms with Gasteiger partial charge in [-0.1, -0.05) is 44.2 Å². The Balaban J connectivity index is 2.66. The third-order valence-electron chi connectivity index (χ3n) is 3.79. The molecular formula is C17H23NO2. The van der Waals surface area contributed by atoms with Crippen molar-refractivity contribution in [2.75, 3.05) is 13.2 Å². The van der Waals surface area contributed by atoms with E-state index in [1.807, 2.05) is 45.0 Å². The van der Waals surface area contributed by atoms with Gasteiger partial charge in [-0.2, -0.15) is 0 Å². The minimum Gasteiger partial charge on any atom is -0.494 e. The van der Waals surface area contributed by atoms with Gasteiger partial charge in [0.25, 0.3) is 0 Å². The van der Waals surface area contributed by atoms with Gasteiger partial charge in [-0.15, -0.1) is 0 Å². The summed E-state index contributed by atoms with van der Waals surface area (Å²) in [5.74, 6) is 0.806. The lowest BCUT2D eigenvalue weighted by molar-refractivity contribution is 0.131. The molecule has 2 rings (SSSR count). The normalized spacial score (nSPS) is 13.4. The fourth-order valence-corrected chi connectivity index (χ4v) is 2.37. The predicted octanol–water partition coefficient (Wildman–Crippen LogP) is 3.26. The quantitative estimate of drug-likeness (QED) is 0.879. The second kappa shape index (κ2) is 5.81. The highest BCUT2D eigenvalue weighted by Gasteiger charge is 2.30. The molecule has 0 aliphatic carbocycles. The number of aliphatic hydroxyl groups is 1. The second-order valence-electron chi connectivity index (χ2n) is 5.76. The SMILES string of the molecule is CCOc1ccc2ccccc2c1[C@@H](N)C(C)(C)CO. The molecule has 108 valence electrons. The molecule has 1 atom stereocenters. The third kappa shape index (κ3) is 2.65. The highest BCUT2D eigenvalue weighted by molar-refractivity contribution is 5.88. The average molecular weight is 273 g/mol. The van der Waals surface area contributed by atoms with Crippen molar-refractivity contribution in [2.24, 2.45) is 11.1 Å². The first-order valence-corrected chi connectivity index (χ1v) is 7.02. The molecule has 2 aromatic carbocycles. The number of rotatable bonds is 5. The Labute approximate surface area is 120 Å². The first-order chi connectivity index (χ1) is 9.51. The number of benzene rings is 2. The van der Waals surface area contributed by atoms with E-state index in [9.17, 15) is 5.11 Å². The molecule has 0 bridgehead atoms. The molecule has 0 saturated carbocycles. The van der Waals surface area contributed by atoms with E-state index in [0.717, 1.165) is 22.1 Å². The summed E-state index contributed by atoms with van der Waals surface area (Å²) in [6.07, 6.45) is 0. The maximum Gasteiger partial charge on any atom is 0.124 e. The van der Waals surface area contributed by atoms with Crippen LogP contribution in [0.4, 0.5) is 0 Å². The molecule has 0 heterocycles. The van der Waals surface area contributed by atoms with Crippen LogP contribution in [-0.2, 0) is 0 Å². The lowest BCUT2D eigenvalue weighted by Gasteiger charge is -2.31.